The quantitative estimate of drug-likeness (QED) is 0.316. The Morgan fingerprint density at radius 2 is 1.84 bits per heavy atom. The number of carbonyl (C=O) groups is 2. The number of carbonyl (C=O) groups excluding carboxylic acids is 2. The molecule has 2 aromatic heterocycles. The summed E-state index contributed by atoms with van der Waals surface area (Å²) in [4.78, 5) is 38.4. The second kappa shape index (κ2) is 10.6. The van der Waals surface area contributed by atoms with E-state index in [1.54, 1.807) is 24.3 Å². The van der Waals surface area contributed by atoms with Gasteiger partial charge in [0.05, 0.1) is 5.39 Å². The van der Waals surface area contributed by atoms with Crippen molar-refractivity contribution >= 4 is 34.2 Å². The Hall–Kier alpha value is -4.50. The maximum Gasteiger partial charge on any atom is 0.247 e. The lowest BCUT2D eigenvalue weighted by Crippen LogP contribution is -2.35. The van der Waals surface area contributed by atoms with Crippen molar-refractivity contribution in [1.29, 1.82) is 0 Å². The van der Waals surface area contributed by atoms with Gasteiger partial charge < -0.3 is 25.3 Å². The number of H-pyrrole nitrogens is 1. The van der Waals surface area contributed by atoms with E-state index in [-0.39, 0.29) is 17.7 Å². The number of nitrogens with one attached hydrogen (secondary N) is 3. The van der Waals surface area contributed by atoms with Crippen molar-refractivity contribution in [3.63, 3.8) is 0 Å². The van der Waals surface area contributed by atoms with Crippen LogP contribution < -0.4 is 15.4 Å². The number of amides is 2. The van der Waals surface area contributed by atoms with Gasteiger partial charge in [-0.15, -0.1) is 0 Å². The topological polar surface area (TPSA) is 112 Å². The Kier molecular flexibility index (Phi) is 6.96. The Labute approximate surface area is 214 Å². The van der Waals surface area contributed by atoms with Crippen LogP contribution >= 0.6 is 0 Å². The number of aromatic nitrogens is 3. The van der Waals surface area contributed by atoms with Gasteiger partial charge in [0, 0.05) is 29.1 Å². The molecule has 3 N–H and O–H groups in total. The number of hydrogen-bond acceptors (Lipinski definition) is 6. The maximum absolute atomic E-state index is 12.6. The van der Waals surface area contributed by atoms with Crippen LogP contribution in [0.5, 0.6) is 11.6 Å². The third kappa shape index (κ3) is 5.68. The molecule has 1 saturated heterocycles. The van der Waals surface area contributed by atoms with Crippen LogP contribution in [-0.4, -0.2) is 51.8 Å². The minimum absolute atomic E-state index is 0.0560. The molecule has 2 aromatic carbocycles. The van der Waals surface area contributed by atoms with Gasteiger partial charge in [-0.2, -0.15) is 0 Å². The molecule has 188 valence electrons. The van der Waals surface area contributed by atoms with Crippen molar-refractivity contribution < 1.29 is 14.3 Å². The first-order valence-corrected chi connectivity index (χ1v) is 12.1. The molecule has 9 heteroatoms. The number of fused-ring (bicyclic) bond motifs is 1. The number of nitrogens with zero attached hydrogens (tertiary/aromatic N) is 3. The average molecular weight is 497 g/mol. The Morgan fingerprint density at radius 1 is 1.05 bits per heavy atom. The monoisotopic (exact) mass is 496 g/mol. The number of piperidine rings is 1. The molecule has 2 amide bonds. The van der Waals surface area contributed by atoms with Gasteiger partial charge in [0.25, 0.3) is 0 Å². The smallest absolute Gasteiger partial charge is 0.247 e. The Morgan fingerprint density at radius 3 is 2.59 bits per heavy atom. The molecule has 1 aliphatic rings. The molecule has 9 nitrogen and oxygen atoms in total. The van der Waals surface area contributed by atoms with Crippen molar-refractivity contribution in [2.45, 2.75) is 12.8 Å². The molecule has 1 fully saturated rings. The first kappa shape index (κ1) is 24.2. The lowest BCUT2D eigenvalue weighted by atomic mass is 9.96. The number of anilines is 2. The molecule has 0 bridgehead atoms. The minimum atomic E-state index is -0.302. The molecule has 0 aliphatic carbocycles. The largest absolute Gasteiger partial charge is 0.438 e. The van der Waals surface area contributed by atoms with Crippen molar-refractivity contribution in [2.24, 2.45) is 5.92 Å². The van der Waals surface area contributed by atoms with E-state index < -0.39 is 0 Å². The predicted octanol–water partition coefficient (Wildman–Crippen LogP) is 4.82. The standard InChI is InChI=1S/C28H28N6O3/c1-3-25(35)31-21-5-4-6-22(15-21)37-28-23-16-24(33-26(23)29-17-30-28)18-7-9-20(10-8-18)32-27(36)19-11-13-34(2)14-12-19/h3-10,15-17,19H,1,11-14H2,2H3,(H,31,35)(H,32,36)(H,29,30,33). The summed E-state index contributed by atoms with van der Waals surface area (Å²) < 4.78 is 6.03. The lowest BCUT2D eigenvalue weighted by molar-refractivity contribution is -0.121. The number of benzene rings is 2. The van der Waals surface area contributed by atoms with Crippen LogP contribution in [-0.2, 0) is 9.59 Å². The van der Waals surface area contributed by atoms with Crippen molar-refractivity contribution in [3.8, 4) is 22.9 Å². The van der Waals surface area contributed by atoms with Gasteiger partial charge >= 0.3 is 0 Å². The second-order valence-corrected chi connectivity index (χ2v) is 9.09. The van der Waals surface area contributed by atoms with Crippen molar-refractivity contribution in [3.05, 3.63) is 73.6 Å². The molecule has 37 heavy (non-hydrogen) atoms. The molecular formula is C28H28N6O3. The van der Waals surface area contributed by atoms with E-state index in [9.17, 15) is 9.59 Å². The third-order valence-corrected chi connectivity index (χ3v) is 6.44. The summed E-state index contributed by atoms with van der Waals surface area (Å²) in [7, 11) is 2.08. The van der Waals surface area contributed by atoms with E-state index in [1.165, 1.54) is 12.4 Å². The molecule has 0 spiro atoms. The zero-order chi connectivity index (χ0) is 25.8. The van der Waals surface area contributed by atoms with E-state index >= 15 is 0 Å². The minimum Gasteiger partial charge on any atom is -0.438 e. The van der Waals surface area contributed by atoms with Crippen LogP contribution in [0.2, 0.25) is 0 Å². The summed E-state index contributed by atoms with van der Waals surface area (Å²) in [5, 5.41) is 6.48. The molecule has 4 aromatic rings. The zero-order valence-electron chi connectivity index (χ0n) is 20.5. The highest BCUT2D eigenvalue weighted by molar-refractivity contribution is 5.99. The molecule has 3 heterocycles. The fraction of sp³-hybridized carbons (Fsp3) is 0.214. The molecule has 0 saturated carbocycles. The number of rotatable bonds is 7. The molecule has 5 rings (SSSR count). The van der Waals surface area contributed by atoms with Gasteiger partial charge in [0.2, 0.25) is 17.7 Å². The summed E-state index contributed by atoms with van der Waals surface area (Å²) in [6, 6.07) is 16.7. The van der Waals surface area contributed by atoms with Gasteiger partial charge in [-0.25, -0.2) is 9.97 Å². The molecule has 1 aliphatic heterocycles. The average Bonchev–Trinajstić information content (AvgIpc) is 3.35. The normalized spacial score (nSPS) is 14.3. The Balaban J connectivity index is 1.31. The van der Waals surface area contributed by atoms with E-state index in [0.717, 1.165) is 48.3 Å². The Bertz CT molecular complexity index is 1440. The third-order valence-electron chi connectivity index (χ3n) is 6.44. The first-order chi connectivity index (χ1) is 18.0. The molecule has 0 radical (unpaired) electrons. The molecule has 0 atom stereocenters. The summed E-state index contributed by atoms with van der Waals surface area (Å²) in [5.74, 6) is 0.748. The highest BCUT2D eigenvalue weighted by Crippen LogP contribution is 2.32. The van der Waals surface area contributed by atoms with Gasteiger partial charge in [0.1, 0.15) is 17.7 Å². The van der Waals surface area contributed by atoms with Gasteiger partial charge in [-0.05, 0) is 75.0 Å². The second-order valence-electron chi connectivity index (χ2n) is 9.09. The van der Waals surface area contributed by atoms with E-state index in [4.69, 9.17) is 4.74 Å². The fourth-order valence-electron chi connectivity index (χ4n) is 4.34. The summed E-state index contributed by atoms with van der Waals surface area (Å²) in [6.07, 6.45) is 4.41. The SMILES string of the molecule is C=CC(=O)Nc1cccc(Oc2ncnc3[nH]c(-c4ccc(NC(=O)C5CCN(C)CC5)cc4)cc23)c1. The van der Waals surface area contributed by atoms with Crippen LogP contribution in [0, 0.1) is 5.92 Å². The van der Waals surface area contributed by atoms with Crippen molar-refractivity contribution in [1.82, 2.24) is 19.9 Å². The zero-order valence-corrected chi connectivity index (χ0v) is 20.5. The van der Waals surface area contributed by atoms with Crippen LogP contribution in [0.3, 0.4) is 0 Å². The molecular weight excluding hydrogens is 468 g/mol. The number of likely N-dealkylation sites (tertiary alicyclic amines) is 1. The van der Waals surface area contributed by atoms with Crippen molar-refractivity contribution in [2.75, 3.05) is 30.8 Å². The highest BCUT2D eigenvalue weighted by atomic mass is 16.5. The lowest BCUT2D eigenvalue weighted by Gasteiger charge is -2.28. The number of hydrogen-bond donors (Lipinski definition) is 3. The van der Waals surface area contributed by atoms with Crippen LogP contribution in [0.4, 0.5) is 11.4 Å². The van der Waals surface area contributed by atoms with Gasteiger partial charge in [0.15, 0.2) is 0 Å². The fourth-order valence-corrected chi connectivity index (χ4v) is 4.34. The van der Waals surface area contributed by atoms with Crippen LogP contribution in [0.15, 0.2) is 73.6 Å². The van der Waals surface area contributed by atoms with E-state index in [0.29, 0.717) is 23.0 Å². The first-order valence-electron chi connectivity index (χ1n) is 12.1. The summed E-state index contributed by atoms with van der Waals surface area (Å²) in [5.41, 5.74) is 3.79. The number of ether oxygens (including phenoxy) is 1. The van der Waals surface area contributed by atoms with Crippen LogP contribution in [0.1, 0.15) is 12.8 Å². The predicted molar refractivity (Wildman–Crippen MR) is 144 cm³/mol. The summed E-state index contributed by atoms with van der Waals surface area (Å²) in [6.45, 7) is 5.36. The van der Waals surface area contributed by atoms with Crippen LogP contribution in [0.25, 0.3) is 22.3 Å². The molecule has 0 unspecified atom stereocenters. The highest BCUT2D eigenvalue weighted by Gasteiger charge is 2.23. The summed E-state index contributed by atoms with van der Waals surface area (Å²) >= 11 is 0. The van der Waals surface area contributed by atoms with E-state index in [1.807, 2.05) is 30.3 Å². The van der Waals surface area contributed by atoms with Gasteiger partial charge in [-0.1, -0.05) is 24.8 Å². The van der Waals surface area contributed by atoms with E-state index in [2.05, 4.69) is 44.1 Å². The van der Waals surface area contributed by atoms with Gasteiger partial charge in [-0.3, -0.25) is 9.59 Å². The maximum atomic E-state index is 12.6. The number of aromatic amines is 1.